The molecule has 2 aromatic rings. The van der Waals surface area contributed by atoms with Crippen molar-refractivity contribution in [2.24, 2.45) is 5.92 Å². The molecule has 1 aliphatic rings. The summed E-state index contributed by atoms with van der Waals surface area (Å²) in [5.74, 6) is 2.13. The zero-order valence-corrected chi connectivity index (χ0v) is 17.3. The van der Waals surface area contributed by atoms with Gasteiger partial charge in [0, 0.05) is 19.5 Å². The van der Waals surface area contributed by atoms with Gasteiger partial charge in [0.2, 0.25) is 5.91 Å². The number of unbranched alkanes of at least 4 members (excludes halogenated alkanes) is 2. The van der Waals surface area contributed by atoms with Gasteiger partial charge in [0.05, 0.1) is 11.0 Å². The summed E-state index contributed by atoms with van der Waals surface area (Å²) >= 11 is 0. The number of aryl methyl sites for hydroxylation is 2. The molecule has 152 valence electrons. The highest BCUT2D eigenvalue weighted by atomic mass is 16.1. The number of rotatable bonds is 10. The molecule has 0 bridgehead atoms. The van der Waals surface area contributed by atoms with E-state index in [2.05, 4.69) is 34.1 Å². The molecule has 3 rings (SSSR count). The number of allylic oxidation sites excluding steroid dienone is 1. The first-order chi connectivity index (χ1) is 13.8. The molecule has 1 saturated carbocycles. The topological polar surface area (TPSA) is 46.9 Å². The van der Waals surface area contributed by atoms with Crippen molar-refractivity contribution in [2.75, 3.05) is 6.54 Å². The standard InChI is InChI=1S/C24H35N3O/c1-2-11-24(28)25-18-10-4-7-16-23-26-21-14-8-9-15-22(21)27(23)19-17-20-12-5-3-6-13-20/h2,8-9,11,14-15,20H,3-7,10,12-13,16-19H2,1H3,(H,25,28)/b11-2+. The predicted molar refractivity (Wildman–Crippen MR) is 116 cm³/mol. The Morgan fingerprint density at radius 1 is 1.18 bits per heavy atom. The number of hydrogen-bond acceptors (Lipinski definition) is 2. The quantitative estimate of drug-likeness (QED) is 0.442. The number of hydrogen-bond donors (Lipinski definition) is 1. The van der Waals surface area contributed by atoms with Crippen molar-refractivity contribution in [1.29, 1.82) is 0 Å². The first-order valence-corrected chi connectivity index (χ1v) is 11.1. The Morgan fingerprint density at radius 3 is 2.82 bits per heavy atom. The third kappa shape index (κ3) is 5.95. The molecule has 1 N–H and O–H groups in total. The monoisotopic (exact) mass is 381 g/mol. The average Bonchev–Trinajstić information content (AvgIpc) is 3.07. The number of imidazole rings is 1. The van der Waals surface area contributed by atoms with Crippen LogP contribution in [0.2, 0.25) is 0 Å². The molecule has 4 heteroatoms. The largest absolute Gasteiger partial charge is 0.353 e. The second-order valence-corrected chi connectivity index (χ2v) is 8.06. The summed E-state index contributed by atoms with van der Waals surface area (Å²) in [6, 6.07) is 8.55. The average molecular weight is 382 g/mol. The van der Waals surface area contributed by atoms with Crippen molar-refractivity contribution in [3.05, 3.63) is 42.2 Å². The molecule has 28 heavy (non-hydrogen) atoms. The molecule has 1 aliphatic carbocycles. The second kappa shape index (κ2) is 11.0. The van der Waals surface area contributed by atoms with Crippen molar-refractivity contribution >= 4 is 16.9 Å². The highest BCUT2D eigenvalue weighted by molar-refractivity contribution is 5.87. The number of amides is 1. The van der Waals surface area contributed by atoms with Gasteiger partial charge in [0.25, 0.3) is 0 Å². The molecule has 1 aromatic heterocycles. The van der Waals surface area contributed by atoms with Crippen LogP contribution in [0, 0.1) is 5.92 Å². The van der Waals surface area contributed by atoms with Crippen molar-refractivity contribution in [3.8, 4) is 0 Å². The highest BCUT2D eigenvalue weighted by Crippen LogP contribution is 2.28. The maximum absolute atomic E-state index is 11.4. The number of carbonyl (C=O) groups is 1. The van der Waals surface area contributed by atoms with Crippen LogP contribution in [-0.2, 0) is 17.8 Å². The number of para-hydroxylation sites is 2. The van der Waals surface area contributed by atoms with Crippen molar-refractivity contribution < 1.29 is 4.79 Å². The Labute approximate surface area is 169 Å². The number of nitrogens with zero attached hydrogens (tertiary/aromatic N) is 2. The van der Waals surface area contributed by atoms with Gasteiger partial charge in [0.15, 0.2) is 0 Å². The van der Waals surface area contributed by atoms with Gasteiger partial charge in [-0.1, -0.05) is 56.7 Å². The van der Waals surface area contributed by atoms with E-state index in [1.54, 1.807) is 12.2 Å². The molecular weight excluding hydrogens is 346 g/mol. The zero-order chi connectivity index (χ0) is 19.6. The van der Waals surface area contributed by atoms with E-state index in [4.69, 9.17) is 4.98 Å². The number of carbonyl (C=O) groups excluding carboxylic acids is 1. The fourth-order valence-corrected chi connectivity index (χ4v) is 4.36. The van der Waals surface area contributed by atoms with E-state index in [9.17, 15) is 4.79 Å². The molecule has 1 amide bonds. The molecule has 0 spiro atoms. The third-order valence-electron chi connectivity index (χ3n) is 5.91. The van der Waals surface area contributed by atoms with Crippen LogP contribution >= 0.6 is 0 Å². The lowest BCUT2D eigenvalue weighted by Crippen LogP contribution is -2.21. The van der Waals surface area contributed by atoms with Gasteiger partial charge in [-0.05, 0) is 50.3 Å². The minimum atomic E-state index is 0.00649. The highest BCUT2D eigenvalue weighted by Gasteiger charge is 2.16. The maximum atomic E-state index is 11.4. The first-order valence-electron chi connectivity index (χ1n) is 11.1. The second-order valence-electron chi connectivity index (χ2n) is 8.06. The van der Waals surface area contributed by atoms with Crippen molar-refractivity contribution in [1.82, 2.24) is 14.9 Å². The lowest BCUT2D eigenvalue weighted by atomic mass is 9.87. The van der Waals surface area contributed by atoms with Crippen molar-refractivity contribution in [2.45, 2.75) is 77.7 Å². The molecule has 1 fully saturated rings. The normalized spacial score (nSPS) is 15.5. The summed E-state index contributed by atoms with van der Waals surface area (Å²) in [4.78, 5) is 16.4. The van der Waals surface area contributed by atoms with E-state index in [1.807, 2.05) is 6.92 Å². The Balaban J connectivity index is 1.52. The number of aromatic nitrogens is 2. The summed E-state index contributed by atoms with van der Waals surface area (Å²) in [6.45, 7) is 3.71. The summed E-state index contributed by atoms with van der Waals surface area (Å²) in [6.07, 6.45) is 15.9. The maximum Gasteiger partial charge on any atom is 0.243 e. The van der Waals surface area contributed by atoms with Crippen LogP contribution in [0.4, 0.5) is 0 Å². The smallest absolute Gasteiger partial charge is 0.243 e. The first kappa shape index (κ1) is 20.6. The number of fused-ring (bicyclic) bond motifs is 1. The lowest BCUT2D eigenvalue weighted by Gasteiger charge is -2.22. The van der Waals surface area contributed by atoms with Crippen LogP contribution in [0.3, 0.4) is 0 Å². The molecule has 1 aromatic carbocycles. The van der Waals surface area contributed by atoms with Crippen LogP contribution in [-0.4, -0.2) is 22.0 Å². The molecule has 0 aliphatic heterocycles. The molecular formula is C24H35N3O. The van der Waals surface area contributed by atoms with Crippen LogP contribution in [0.15, 0.2) is 36.4 Å². The summed E-state index contributed by atoms with van der Waals surface area (Å²) in [5.41, 5.74) is 2.41. The summed E-state index contributed by atoms with van der Waals surface area (Å²) in [5, 5.41) is 2.93. The van der Waals surface area contributed by atoms with E-state index in [-0.39, 0.29) is 5.91 Å². The molecule has 0 radical (unpaired) electrons. The molecule has 0 unspecified atom stereocenters. The van der Waals surface area contributed by atoms with E-state index in [1.165, 1.54) is 49.9 Å². The van der Waals surface area contributed by atoms with Gasteiger partial charge in [-0.15, -0.1) is 0 Å². The summed E-state index contributed by atoms with van der Waals surface area (Å²) in [7, 11) is 0. The number of nitrogens with one attached hydrogen (secondary N) is 1. The molecule has 1 heterocycles. The Hall–Kier alpha value is -2.10. The molecule has 0 saturated heterocycles. The van der Waals surface area contributed by atoms with Crippen LogP contribution < -0.4 is 5.32 Å². The van der Waals surface area contributed by atoms with E-state index >= 15 is 0 Å². The van der Waals surface area contributed by atoms with Gasteiger partial charge < -0.3 is 9.88 Å². The minimum Gasteiger partial charge on any atom is -0.353 e. The molecule has 0 atom stereocenters. The fraction of sp³-hybridized carbons (Fsp3) is 0.583. The van der Waals surface area contributed by atoms with E-state index < -0.39 is 0 Å². The van der Waals surface area contributed by atoms with E-state index in [0.717, 1.165) is 50.2 Å². The third-order valence-corrected chi connectivity index (χ3v) is 5.91. The predicted octanol–water partition coefficient (Wildman–Crippen LogP) is 5.41. The minimum absolute atomic E-state index is 0.00649. The van der Waals surface area contributed by atoms with Gasteiger partial charge in [-0.2, -0.15) is 0 Å². The Morgan fingerprint density at radius 2 is 2.00 bits per heavy atom. The summed E-state index contributed by atoms with van der Waals surface area (Å²) < 4.78 is 2.47. The Kier molecular flexibility index (Phi) is 8.13. The number of benzene rings is 1. The van der Waals surface area contributed by atoms with Gasteiger partial charge in [-0.25, -0.2) is 4.98 Å². The van der Waals surface area contributed by atoms with Crippen molar-refractivity contribution in [3.63, 3.8) is 0 Å². The van der Waals surface area contributed by atoms with E-state index in [0.29, 0.717) is 0 Å². The SMILES string of the molecule is C/C=C/C(=O)NCCCCCc1nc2ccccc2n1CCC1CCCCC1. The van der Waals surface area contributed by atoms with Gasteiger partial charge in [-0.3, -0.25) is 4.79 Å². The fourth-order valence-electron chi connectivity index (χ4n) is 4.36. The lowest BCUT2D eigenvalue weighted by molar-refractivity contribution is -0.116. The van der Waals surface area contributed by atoms with Crippen LogP contribution in [0.5, 0.6) is 0 Å². The van der Waals surface area contributed by atoms with Crippen LogP contribution in [0.1, 0.15) is 70.5 Å². The van der Waals surface area contributed by atoms with Crippen LogP contribution in [0.25, 0.3) is 11.0 Å². The molecule has 4 nitrogen and oxygen atoms in total. The zero-order valence-electron chi connectivity index (χ0n) is 17.3. The Bertz CT molecular complexity index is 771. The van der Waals surface area contributed by atoms with Gasteiger partial charge in [0.1, 0.15) is 5.82 Å². The van der Waals surface area contributed by atoms with Gasteiger partial charge >= 0.3 is 0 Å².